The number of rotatable bonds is 7. The highest BCUT2D eigenvalue weighted by Gasteiger charge is 2.30. The molecule has 0 amide bonds. The highest BCUT2D eigenvalue weighted by molar-refractivity contribution is 5.88. The van der Waals surface area contributed by atoms with Gasteiger partial charge in [0.25, 0.3) is 0 Å². The molecule has 9 heteroatoms. The minimum Gasteiger partial charge on any atom is -0.478 e. The van der Waals surface area contributed by atoms with Crippen molar-refractivity contribution < 1.29 is 36.6 Å². The maximum Gasteiger partial charge on any atom is 0.416 e. The van der Waals surface area contributed by atoms with Gasteiger partial charge in [0.1, 0.15) is 0 Å². The molecule has 0 radical (unpaired) electrons. The molecular formula is C22H20F5NO3. The van der Waals surface area contributed by atoms with Crippen molar-refractivity contribution in [2.45, 2.75) is 25.8 Å². The van der Waals surface area contributed by atoms with Crippen LogP contribution in [-0.2, 0) is 17.5 Å². The number of alkyl halides is 5. The summed E-state index contributed by atoms with van der Waals surface area (Å²) in [6.07, 6.45) is -3.95. The number of ether oxygens (including phenoxy) is 1. The Balaban J connectivity index is 1.79. The van der Waals surface area contributed by atoms with Crippen LogP contribution in [0.3, 0.4) is 0 Å². The van der Waals surface area contributed by atoms with Crippen molar-refractivity contribution in [1.82, 2.24) is 4.90 Å². The number of carbonyl (C=O) groups is 1. The molecule has 2 aromatic carbocycles. The van der Waals surface area contributed by atoms with Crippen LogP contribution in [0.2, 0.25) is 0 Å². The SMILES string of the molecule is O=C(O)c1ccc(C2=C(COC(F)F)CCN(Cc3ccc(C(F)(F)F)cc3)C2)cc1. The van der Waals surface area contributed by atoms with Crippen molar-refractivity contribution in [3.8, 4) is 0 Å². The molecule has 166 valence electrons. The van der Waals surface area contributed by atoms with Gasteiger partial charge in [-0.3, -0.25) is 4.90 Å². The van der Waals surface area contributed by atoms with E-state index in [4.69, 9.17) is 5.11 Å². The van der Waals surface area contributed by atoms with E-state index in [1.54, 1.807) is 12.1 Å². The van der Waals surface area contributed by atoms with Crippen molar-refractivity contribution >= 4 is 11.5 Å². The maximum absolute atomic E-state index is 12.7. The van der Waals surface area contributed by atoms with Crippen molar-refractivity contribution in [2.24, 2.45) is 0 Å². The first-order valence-corrected chi connectivity index (χ1v) is 9.46. The van der Waals surface area contributed by atoms with E-state index in [2.05, 4.69) is 4.74 Å². The van der Waals surface area contributed by atoms with Gasteiger partial charge in [0.05, 0.1) is 17.7 Å². The first-order valence-electron chi connectivity index (χ1n) is 9.46. The summed E-state index contributed by atoms with van der Waals surface area (Å²) >= 11 is 0. The zero-order valence-electron chi connectivity index (χ0n) is 16.3. The monoisotopic (exact) mass is 441 g/mol. The summed E-state index contributed by atoms with van der Waals surface area (Å²) in [6, 6.07) is 11.0. The molecule has 0 saturated heterocycles. The van der Waals surface area contributed by atoms with E-state index in [1.165, 1.54) is 24.3 Å². The number of carboxylic acids is 1. The third-order valence-corrected chi connectivity index (χ3v) is 5.09. The molecule has 4 nitrogen and oxygen atoms in total. The topological polar surface area (TPSA) is 49.8 Å². The number of hydrogen-bond acceptors (Lipinski definition) is 3. The number of hydrogen-bond donors (Lipinski definition) is 1. The molecule has 1 N–H and O–H groups in total. The lowest BCUT2D eigenvalue weighted by atomic mass is 9.93. The highest BCUT2D eigenvalue weighted by atomic mass is 19.4. The van der Waals surface area contributed by atoms with E-state index >= 15 is 0 Å². The number of aromatic carboxylic acids is 1. The molecule has 1 aliphatic heterocycles. The number of nitrogens with zero attached hydrogens (tertiary/aromatic N) is 1. The van der Waals surface area contributed by atoms with Gasteiger partial charge in [-0.15, -0.1) is 0 Å². The summed E-state index contributed by atoms with van der Waals surface area (Å²) in [6.45, 7) is -1.87. The third-order valence-electron chi connectivity index (χ3n) is 5.09. The van der Waals surface area contributed by atoms with Crippen LogP contribution in [0.4, 0.5) is 22.0 Å². The smallest absolute Gasteiger partial charge is 0.416 e. The maximum atomic E-state index is 12.7. The quantitative estimate of drug-likeness (QED) is 0.593. The van der Waals surface area contributed by atoms with Gasteiger partial charge in [-0.1, -0.05) is 24.3 Å². The van der Waals surface area contributed by atoms with Crippen molar-refractivity contribution in [3.05, 3.63) is 76.4 Å². The van der Waals surface area contributed by atoms with Crippen LogP contribution in [0.5, 0.6) is 0 Å². The van der Waals surface area contributed by atoms with Gasteiger partial charge >= 0.3 is 18.8 Å². The summed E-state index contributed by atoms with van der Waals surface area (Å²) in [7, 11) is 0. The molecule has 0 aromatic heterocycles. The largest absolute Gasteiger partial charge is 0.478 e. The van der Waals surface area contributed by atoms with Crippen molar-refractivity contribution in [2.75, 3.05) is 19.7 Å². The number of halogens is 5. The molecule has 0 unspecified atom stereocenters. The lowest BCUT2D eigenvalue weighted by molar-refractivity contribution is -0.137. The predicted molar refractivity (Wildman–Crippen MR) is 104 cm³/mol. The van der Waals surface area contributed by atoms with Crippen LogP contribution in [0.15, 0.2) is 54.1 Å². The molecule has 0 atom stereocenters. The lowest BCUT2D eigenvalue weighted by Crippen LogP contribution is -2.32. The summed E-state index contributed by atoms with van der Waals surface area (Å²) < 4.78 is 67.8. The second-order valence-electron chi connectivity index (χ2n) is 7.19. The standard InChI is InChI=1S/C22H20F5NO3/c23-21(24)31-13-17-9-10-28(11-14-1-7-18(8-2-14)22(25,26)27)12-19(17)15-3-5-16(6-4-15)20(29)30/h1-8,21H,9-13H2,(H,29,30). The van der Waals surface area contributed by atoms with Gasteiger partial charge in [-0.2, -0.15) is 22.0 Å². The van der Waals surface area contributed by atoms with Crippen LogP contribution in [0, 0.1) is 0 Å². The molecule has 2 aromatic rings. The minimum absolute atomic E-state index is 0.104. The second-order valence-corrected chi connectivity index (χ2v) is 7.19. The Morgan fingerprint density at radius 2 is 1.71 bits per heavy atom. The van der Waals surface area contributed by atoms with E-state index in [-0.39, 0.29) is 12.2 Å². The van der Waals surface area contributed by atoms with E-state index in [9.17, 15) is 26.7 Å². The third kappa shape index (κ3) is 6.11. The molecule has 1 heterocycles. The fourth-order valence-corrected chi connectivity index (χ4v) is 3.48. The number of benzene rings is 2. The first kappa shape index (κ1) is 22.9. The van der Waals surface area contributed by atoms with Crippen molar-refractivity contribution in [3.63, 3.8) is 0 Å². The van der Waals surface area contributed by atoms with Gasteiger partial charge in [0.2, 0.25) is 0 Å². The van der Waals surface area contributed by atoms with E-state index in [0.29, 0.717) is 42.8 Å². The predicted octanol–water partition coefficient (Wildman–Crippen LogP) is 5.30. The van der Waals surface area contributed by atoms with Gasteiger partial charge < -0.3 is 9.84 Å². The fraction of sp³-hybridized carbons (Fsp3) is 0.318. The van der Waals surface area contributed by atoms with Crippen molar-refractivity contribution in [1.29, 1.82) is 0 Å². The first-order chi connectivity index (χ1) is 14.6. The molecule has 3 rings (SSSR count). The average molecular weight is 441 g/mol. The molecule has 0 aliphatic carbocycles. The molecule has 1 aliphatic rings. The molecule has 31 heavy (non-hydrogen) atoms. The molecule has 0 spiro atoms. The van der Waals surface area contributed by atoms with Gasteiger partial charge in [0, 0.05) is 19.6 Å². The Morgan fingerprint density at radius 3 is 2.26 bits per heavy atom. The average Bonchev–Trinajstić information content (AvgIpc) is 2.72. The normalized spacial score (nSPS) is 15.5. The summed E-state index contributed by atoms with van der Waals surface area (Å²) in [4.78, 5) is 13.1. The van der Waals surface area contributed by atoms with Crippen LogP contribution >= 0.6 is 0 Å². The zero-order chi connectivity index (χ0) is 22.6. The van der Waals surface area contributed by atoms with Crippen LogP contribution in [-0.4, -0.2) is 42.3 Å². The van der Waals surface area contributed by atoms with Crippen LogP contribution < -0.4 is 0 Å². The van der Waals surface area contributed by atoms with Gasteiger partial charge in [-0.25, -0.2) is 4.79 Å². The van der Waals surface area contributed by atoms with E-state index in [1.807, 2.05) is 4.90 Å². The highest BCUT2D eigenvalue weighted by Crippen LogP contribution is 2.31. The van der Waals surface area contributed by atoms with Crippen LogP contribution in [0.1, 0.15) is 33.5 Å². The fourth-order valence-electron chi connectivity index (χ4n) is 3.48. The Kier molecular flexibility index (Phi) is 7.07. The summed E-state index contributed by atoms with van der Waals surface area (Å²) in [5.41, 5.74) is 2.20. The Bertz CT molecular complexity index is 937. The number of carboxylic acid groups (broad SMARTS) is 1. The second kappa shape index (κ2) is 9.57. The molecule has 0 bridgehead atoms. The van der Waals surface area contributed by atoms with Crippen LogP contribution in [0.25, 0.3) is 5.57 Å². The molecular weight excluding hydrogens is 421 g/mol. The Hall–Kier alpha value is -2.78. The Morgan fingerprint density at radius 1 is 1.06 bits per heavy atom. The van der Waals surface area contributed by atoms with E-state index in [0.717, 1.165) is 17.7 Å². The van der Waals surface area contributed by atoms with E-state index < -0.39 is 24.3 Å². The zero-order valence-corrected chi connectivity index (χ0v) is 16.3. The molecule has 0 saturated carbocycles. The summed E-state index contributed by atoms with van der Waals surface area (Å²) in [5.74, 6) is -1.07. The lowest BCUT2D eigenvalue weighted by Gasteiger charge is -2.31. The Labute approximate surface area is 175 Å². The minimum atomic E-state index is -4.40. The molecule has 0 fully saturated rings. The van der Waals surface area contributed by atoms with Gasteiger partial charge in [0.15, 0.2) is 0 Å². The summed E-state index contributed by atoms with van der Waals surface area (Å²) in [5, 5.41) is 9.07. The van der Waals surface area contributed by atoms with Gasteiger partial charge in [-0.05, 0) is 53.0 Å².